The van der Waals surface area contributed by atoms with Crippen LogP contribution in [0.5, 0.6) is 0 Å². The normalized spacial score (nSPS) is 10.9. The summed E-state index contributed by atoms with van der Waals surface area (Å²) in [7, 11) is 0. The second kappa shape index (κ2) is 3.01. The highest BCUT2D eigenvalue weighted by atomic mass is 79.9. The van der Waals surface area contributed by atoms with Crippen LogP contribution in [0.25, 0.3) is 10.1 Å². The summed E-state index contributed by atoms with van der Waals surface area (Å²) >= 11 is 9.05. The van der Waals surface area contributed by atoms with Crippen molar-refractivity contribution in [3.63, 3.8) is 0 Å². The molecular formula is C8H4BrFS2. The van der Waals surface area contributed by atoms with Gasteiger partial charge >= 0.3 is 0 Å². The van der Waals surface area contributed by atoms with Crippen LogP contribution in [0.3, 0.4) is 0 Å². The van der Waals surface area contributed by atoms with Crippen LogP contribution in [0, 0.1) is 5.82 Å². The predicted octanol–water partition coefficient (Wildman–Crippen LogP) is 4.09. The van der Waals surface area contributed by atoms with E-state index in [1.807, 2.05) is 5.38 Å². The summed E-state index contributed by atoms with van der Waals surface area (Å²) in [6.45, 7) is 0. The molecule has 0 fully saturated rings. The first-order valence-corrected chi connectivity index (χ1v) is 5.35. The smallest absolute Gasteiger partial charge is 0.125 e. The standard InChI is InChI=1S/C8H4BrFS2/c9-5-1-4(10)2-7-8(5)6(11)3-12-7/h1-3,11H. The molecule has 0 saturated heterocycles. The average molecular weight is 263 g/mol. The molecule has 0 unspecified atom stereocenters. The van der Waals surface area contributed by atoms with Gasteiger partial charge in [-0.25, -0.2) is 4.39 Å². The van der Waals surface area contributed by atoms with E-state index in [0.717, 1.165) is 19.5 Å². The third-order valence-corrected chi connectivity index (χ3v) is 3.65. The van der Waals surface area contributed by atoms with Crippen LogP contribution in [-0.2, 0) is 0 Å². The molecule has 0 bridgehead atoms. The van der Waals surface area contributed by atoms with Gasteiger partial charge in [0.25, 0.3) is 0 Å². The SMILES string of the molecule is Fc1cc(Br)c2c(S)csc2c1. The van der Waals surface area contributed by atoms with E-state index in [0.29, 0.717) is 0 Å². The Balaban J connectivity index is 2.93. The fraction of sp³-hybridized carbons (Fsp3) is 0. The van der Waals surface area contributed by atoms with Gasteiger partial charge in [0.1, 0.15) is 5.82 Å². The Morgan fingerprint density at radius 3 is 2.92 bits per heavy atom. The molecule has 0 nitrogen and oxygen atoms in total. The third-order valence-electron chi connectivity index (χ3n) is 1.57. The number of benzene rings is 1. The molecule has 0 aliphatic heterocycles. The van der Waals surface area contributed by atoms with E-state index in [1.165, 1.54) is 23.5 Å². The molecule has 12 heavy (non-hydrogen) atoms. The van der Waals surface area contributed by atoms with Crippen LogP contribution < -0.4 is 0 Å². The van der Waals surface area contributed by atoms with Gasteiger partial charge in [0.15, 0.2) is 0 Å². The number of hydrogen-bond donors (Lipinski definition) is 1. The highest BCUT2D eigenvalue weighted by Gasteiger charge is 2.06. The molecule has 0 aliphatic rings. The van der Waals surface area contributed by atoms with E-state index < -0.39 is 0 Å². The van der Waals surface area contributed by atoms with Crippen LogP contribution >= 0.6 is 39.9 Å². The maximum absolute atomic E-state index is 12.9. The van der Waals surface area contributed by atoms with E-state index >= 15 is 0 Å². The number of thiophene rings is 1. The van der Waals surface area contributed by atoms with Gasteiger partial charge in [-0.05, 0) is 28.1 Å². The van der Waals surface area contributed by atoms with Crippen LogP contribution in [0.4, 0.5) is 4.39 Å². The minimum absolute atomic E-state index is 0.218. The first-order valence-electron chi connectivity index (χ1n) is 3.23. The molecule has 0 amide bonds. The van der Waals surface area contributed by atoms with E-state index in [9.17, 15) is 4.39 Å². The van der Waals surface area contributed by atoms with Gasteiger partial charge in [0, 0.05) is 24.8 Å². The highest BCUT2D eigenvalue weighted by Crippen LogP contribution is 2.34. The van der Waals surface area contributed by atoms with Crippen LogP contribution in [0.2, 0.25) is 0 Å². The van der Waals surface area contributed by atoms with Crippen molar-refractivity contribution < 1.29 is 4.39 Å². The van der Waals surface area contributed by atoms with Crippen LogP contribution in [-0.4, -0.2) is 0 Å². The summed E-state index contributed by atoms with van der Waals surface area (Å²) < 4.78 is 14.5. The Labute approximate surface area is 86.9 Å². The van der Waals surface area contributed by atoms with Crippen molar-refractivity contribution >= 4 is 50.0 Å². The lowest BCUT2D eigenvalue weighted by Crippen LogP contribution is -1.74. The predicted molar refractivity (Wildman–Crippen MR) is 56.7 cm³/mol. The minimum Gasteiger partial charge on any atom is -0.207 e. The molecule has 1 heterocycles. The number of thiol groups is 1. The van der Waals surface area contributed by atoms with E-state index in [2.05, 4.69) is 28.6 Å². The van der Waals surface area contributed by atoms with Crippen molar-refractivity contribution in [2.24, 2.45) is 0 Å². The zero-order chi connectivity index (χ0) is 8.72. The second-order valence-electron chi connectivity index (χ2n) is 2.38. The molecule has 0 atom stereocenters. The summed E-state index contributed by atoms with van der Waals surface area (Å²) in [5.41, 5.74) is 0. The van der Waals surface area contributed by atoms with Gasteiger partial charge in [-0.15, -0.1) is 24.0 Å². The highest BCUT2D eigenvalue weighted by molar-refractivity contribution is 9.10. The van der Waals surface area contributed by atoms with Crippen molar-refractivity contribution in [3.05, 3.63) is 27.8 Å². The Kier molecular flexibility index (Phi) is 2.14. The Bertz CT molecular complexity index is 436. The Morgan fingerprint density at radius 2 is 2.17 bits per heavy atom. The number of halogens is 2. The zero-order valence-electron chi connectivity index (χ0n) is 5.84. The minimum atomic E-state index is -0.218. The maximum Gasteiger partial charge on any atom is 0.125 e. The first-order chi connectivity index (χ1) is 5.68. The van der Waals surface area contributed by atoms with Crippen molar-refractivity contribution in [2.75, 3.05) is 0 Å². The summed E-state index contributed by atoms with van der Waals surface area (Å²) in [5, 5.41) is 2.89. The molecule has 0 aliphatic carbocycles. The van der Waals surface area contributed by atoms with E-state index in [-0.39, 0.29) is 5.82 Å². The molecule has 1 aromatic carbocycles. The van der Waals surface area contributed by atoms with Crippen LogP contribution in [0.1, 0.15) is 0 Å². The monoisotopic (exact) mass is 262 g/mol. The van der Waals surface area contributed by atoms with Crippen molar-refractivity contribution in [1.29, 1.82) is 0 Å². The lowest BCUT2D eigenvalue weighted by atomic mass is 10.2. The number of rotatable bonds is 0. The molecule has 2 aromatic rings. The van der Waals surface area contributed by atoms with Gasteiger partial charge < -0.3 is 0 Å². The van der Waals surface area contributed by atoms with E-state index in [4.69, 9.17) is 0 Å². The molecular weight excluding hydrogens is 259 g/mol. The van der Waals surface area contributed by atoms with Gasteiger partial charge in [-0.1, -0.05) is 0 Å². The molecule has 0 N–H and O–H groups in total. The molecule has 4 heteroatoms. The average Bonchev–Trinajstić information content (AvgIpc) is 2.31. The molecule has 1 aromatic heterocycles. The molecule has 2 rings (SSSR count). The summed E-state index contributed by atoms with van der Waals surface area (Å²) in [6.07, 6.45) is 0. The topological polar surface area (TPSA) is 0 Å². The number of fused-ring (bicyclic) bond motifs is 1. The lowest BCUT2D eigenvalue weighted by Gasteiger charge is -1.95. The summed E-state index contributed by atoms with van der Waals surface area (Å²) in [4.78, 5) is 0.891. The maximum atomic E-state index is 12.9. The Hall–Kier alpha value is -0.0600. The van der Waals surface area contributed by atoms with Crippen molar-refractivity contribution in [1.82, 2.24) is 0 Å². The summed E-state index contributed by atoms with van der Waals surface area (Å²) in [5.74, 6) is -0.218. The van der Waals surface area contributed by atoms with Gasteiger partial charge in [-0.3, -0.25) is 0 Å². The van der Waals surface area contributed by atoms with E-state index in [1.54, 1.807) is 0 Å². The molecule has 0 saturated carbocycles. The molecule has 62 valence electrons. The van der Waals surface area contributed by atoms with Gasteiger partial charge in [0.2, 0.25) is 0 Å². The van der Waals surface area contributed by atoms with Crippen molar-refractivity contribution in [3.8, 4) is 0 Å². The molecule has 0 spiro atoms. The molecule has 0 radical (unpaired) electrons. The largest absolute Gasteiger partial charge is 0.207 e. The van der Waals surface area contributed by atoms with Gasteiger partial charge in [-0.2, -0.15) is 0 Å². The van der Waals surface area contributed by atoms with Gasteiger partial charge in [0.05, 0.1) is 0 Å². The fourth-order valence-electron chi connectivity index (χ4n) is 1.07. The van der Waals surface area contributed by atoms with Crippen molar-refractivity contribution in [2.45, 2.75) is 4.90 Å². The quantitative estimate of drug-likeness (QED) is 0.680. The second-order valence-corrected chi connectivity index (χ2v) is 4.63. The lowest BCUT2D eigenvalue weighted by molar-refractivity contribution is 0.629. The first kappa shape index (κ1) is 8.53. The Morgan fingerprint density at radius 1 is 1.42 bits per heavy atom. The van der Waals surface area contributed by atoms with Crippen LogP contribution in [0.15, 0.2) is 26.9 Å². The number of hydrogen-bond acceptors (Lipinski definition) is 2. The fourth-order valence-corrected chi connectivity index (χ4v) is 3.35. The third kappa shape index (κ3) is 1.28. The zero-order valence-corrected chi connectivity index (χ0v) is 9.14. The summed E-state index contributed by atoms with van der Waals surface area (Å²) in [6, 6.07) is 2.97.